The molecule has 0 unspecified atom stereocenters. The topological polar surface area (TPSA) is 42.0 Å². The SMILES string of the molecule is [CH2-]C(=O)Nc1cnc2c(F)cccc2c1.[Re]. The predicted molar refractivity (Wildman–Crippen MR) is 55.7 cm³/mol. The smallest absolute Gasteiger partial charge is 0.149 e. The maximum Gasteiger partial charge on any atom is 0.149 e. The number of anilines is 1. The van der Waals surface area contributed by atoms with Crippen molar-refractivity contribution in [3.05, 3.63) is 43.2 Å². The standard InChI is InChI=1S/C11H8FN2O.Re/c1-7(15)14-9-5-8-3-2-4-10(12)11(8)13-6-9;/h2-6H,1H2,(H,14,15);/q-1;. The molecule has 16 heavy (non-hydrogen) atoms. The van der Waals surface area contributed by atoms with Gasteiger partial charge in [0.05, 0.1) is 17.8 Å². The van der Waals surface area contributed by atoms with Crippen molar-refractivity contribution in [2.24, 2.45) is 0 Å². The van der Waals surface area contributed by atoms with Gasteiger partial charge in [-0.15, -0.1) is 0 Å². The van der Waals surface area contributed by atoms with E-state index in [9.17, 15) is 9.18 Å². The number of para-hydroxylation sites is 1. The van der Waals surface area contributed by atoms with Crippen LogP contribution in [0.5, 0.6) is 0 Å². The molecule has 1 amide bonds. The van der Waals surface area contributed by atoms with Crippen molar-refractivity contribution in [2.75, 3.05) is 5.32 Å². The van der Waals surface area contributed by atoms with Crippen LogP contribution in [-0.4, -0.2) is 10.9 Å². The Kier molecular flexibility index (Phi) is 4.00. The first kappa shape index (κ1) is 12.6. The van der Waals surface area contributed by atoms with Crippen molar-refractivity contribution in [3.63, 3.8) is 0 Å². The van der Waals surface area contributed by atoms with Crippen molar-refractivity contribution < 1.29 is 29.6 Å². The molecule has 0 aliphatic carbocycles. The third-order valence-corrected chi connectivity index (χ3v) is 1.95. The Labute approximate surface area is 106 Å². The number of halogens is 1. The third-order valence-electron chi connectivity index (χ3n) is 1.95. The number of carbonyl (C=O) groups is 1. The summed E-state index contributed by atoms with van der Waals surface area (Å²) in [4.78, 5) is 14.6. The fraction of sp³-hybridized carbons (Fsp3) is 0. The first-order chi connectivity index (χ1) is 7.16. The van der Waals surface area contributed by atoms with Crippen LogP contribution in [0.25, 0.3) is 10.9 Å². The van der Waals surface area contributed by atoms with Crippen LogP contribution >= 0.6 is 0 Å². The van der Waals surface area contributed by atoms with E-state index in [4.69, 9.17) is 0 Å². The van der Waals surface area contributed by atoms with Crippen LogP contribution in [0.2, 0.25) is 0 Å². The molecule has 1 radical (unpaired) electrons. The van der Waals surface area contributed by atoms with Crippen molar-refractivity contribution in [2.45, 2.75) is 0 Å². The van der Waals surface area contributed by atoms with Crippen molar-refractivity contribution in [3.8, 4) is 0 Å². The summed E-state index contributed by atoms with van der Waals surface area (Å²) in [5.74, 6) is -0.799. The average molecular weight is 389 g/mol. The van der Waals surface area contributed by atoms with Crippen LogP contribution in [-0.2, 0) is 25.2 Å². The predicted octanol–water partition coefficient (Wildman–Crippen LogP) is 2.14. The van der Waals surface area contributed by atoms with Crippen LogP contribution < -0.4 is 5.32 Å². The molecule has 0 spiro atoms. The molecule has 1 aromatic heterocycles. The molecule has 2 rings (SSSR count). The second-order valence-corrected chi connectivity index (χ2v) is 3.08. The Morgan fingerprint density at radius 2 is 2.19 bits per heavy atom. The van der Waals surface area contributed by atoms with E-state index in [0.717, 1.165) is 0 Å². The number of aromatic nitrogens is 1. The van der Waals surface area contributed by atoms with Gasteiger partial charge in [0.15, 0.2) is 0 Å². The Morgan fingerprint density at radius 3 is 2.88 bits per heavy atom. The molecular formula is C11H8FN2ORe-. The molecule has 5 heteroatoms. The van der Waals surface area contributed by atoms with Crippen LogP contribution in [0.1, 0.15) is 0 Å². The minimum absolute atomic E-state index is 0. The van der Waals surface area contributed by atoms with Gasteiger partial charge in [-0.1, -0.05) is 12.1 Å². The van der Waals surface area contributed by atoms with Crippen LogP contribution in [0, 0.1) is 12.7 Å². The van der Waals surface area contributed by atoms with Gasteiger partial charge in [-0.2, -0.15) is 0 Å². The van der Waals surface area contributed by atoms with Gasteiger partial charge in [-0.3, -0.25) is 4.98 Å². The van der Waals surface area contributed by atoms with Gasteiger partial charge >= 0.3 is 0 Å². The summed E-state index contributed by atoms with van der Waals surface area (Å²) >= 11 is 0. The molecular weight excluding hydrogens is 381 g/mol. The molecule has 0 saturated heterocycles. The zero-order valence-corrected chi connectivity index (χ0v) is 10.9. The Morgan fingerprint density at radius 1 is 1.44 bits per heavy atom. The van der Waals surface area contributed by atoms with Crippen molar-refractivity contribution >= 4 is 22.5 Å². The van der Waals surface area contributed by atoms with E-state index in [0.29, 0.717) is 16.6 Å². The van der Waals surface area contributed by atoms with E-state index >= 15 is 0 Å². The van der Waals surface area contributed by atoms with Crippen molar-refractivity contribution in [1.29, 1.82) is 0 Å². The second-order valence-electron chi connectivity index (χ2n) is 3.08. The molecule has 1 N–H and O–H groups in total. The third kappa shape index (κ3) is 2.57. The van der Waals surface area contributed by atoms with Crippen molar-refractivity contribution in [1.82, 2.24) is 4.98 Å². The maximum absolute atomic E-state index is 13.2. The van der Waals surface area contributed by atoms with E-state index < -0.39 is 5.91 Å². The minimum Gasteiger partial charge on any atom is -0.350 e. The van der Waals surface area contributed by atoms with Gasteiger partial charge in [0.2, 0.25) is 0 Å². The molecule has 0 fully saturated rings. The zero-order valence-electron chi connectivity index (χ0n) is 8.21. The molecule has 0 aliphatic rings. The summed E-state index contributed by atoms with van der Waals surface area (Å²) in [5.41, 5.74) is 0.799. The molecule has 2 aromatic rings. The fourth-order valence-electron chi connectivity index (χ4n) is 1.35. The van der Waals surface area contributed by atoms with E-state index in [1.165, 1.54) is 12.3 Å². The summed E-state index contributed by atoms with van der Waals surface area (Å²) in [6, 6.07) is 6.31. The van der Waals surface area contributed by atoms with E-state index in [1.807, 2.05) is 0 Å². The number of fused-ring (bicyclic) bond motifs is 1. The molecule has 0 atom stereocenters. The normalized spacial score (nSPS) is 9.56. The van der Waals surface area contributed by atoms with E-state index in [1.54, 1.807) is 18.2 Å². The number of pyridine rings is 1. The van der Waals surface area contributed by atoms with Gasteiger partial charge in [-0.25, -0.2) is 4.39 Å². The zero-order chi connectivity index (χ0) is 10.8. The largest absolute Gasteiger partial charge is 0.350 e. The molecule has 3 nitrogen and oxygen atoms in total. The number of nitrogens with zero attached hydrogens (tertiary/aromatic N) is 1. The Bertz CT molecular complexity index is 530. The van der Waals surface area contributed by atoms with Gasteiger partial charge in [0.1, 0.15) is 11.3 Å². The second kappa shape index (κ2) is 5.06. The number of rotatable bonds is 1. The van der Waals surface area contributed by atoms with Crippen LogP contribution in [0.3, 0.4) is 0 Å². The molecule has 0 aliphatic heterocycles. The minimum atomic E-state index is -0.424. The summed E-state index contributed by atoms with van der Waals surface area (Å²) in [6.07, 6.45) is 1.40. The molecule has 1 heterocycles. The monoisotopic (exact) mass is 390 g/mol. The maximum atomic E-state index is 13.2. The molecule has 1 aromatic carbocycles. The van der Waals surface area contributed by atoms with Crippen LogP contribution in [0.15, 0.2) is 30.5 Å². The summed E-state index contributed by atoms with van der Waals surface area (Å²) < 4.78 is 13.2. The van der Waals surface area contributed by atoms with E-state index in [-0.39, 0.29) is 26.2 Å². The average Bonchev–Trinajstić information content (AvgIpc) is 2.17. The summed E-state index contributed by atoms with van der Waals surface area (Å²) in [5, 5.41) is 3.12. The van der Waals surface area contributed by atoms with Gasteiger partial charge in [0, 0.05) is 25.8 Å². The Balaban J connectivity index is 0.00000128. The van der Waals surface area contributed by atoms with Gasteiger partial charge in [0.25, 0.3) is 0 Å². The summed E-state index contributed by atoms with van der Waals surface area (Å²) in [7, 11) is 0. The quantitative estimate of drug-likeness (QED) is 0.760. The molecule has 0 saturated carbocycles. The summed E-state index contributed by atoms with van der Waals surface area (Å²) in [6.45, 7) is 3.18. The number of hydrogen-bond acceptors (Lipinski definition) is 2. The number of hydrogen-bond donors (Lipinski definition) is 1. The van der Waals surface area contributed by atoms with Gasteiger partial charge in [-0.05, 0) is 12.1 Å². The molecule has 83 valence electrons. The van der Waals surface area contributed by atoms with Gasteiger partial charge < -0.3 is 17.0 Å². The Hall–Kier alpha value is -1.44. The fourth-order valence-corrected chi connectivity index (χ4v) is 1.35. The first-order valence-electron chi connectivity index (χ1n) is 4.34. The number of benzene rings is 1. The number of nitrogens with one attached hydrogen (secondary N) is 1. The molecule has 0 bridgehead atoms. The van der Waals surface area contributed by atoms with E-state index in [2.05, 4.69) is 17.2 Å². The van der Waals surface area contributed by atoms with Crippen LogP contribution in [0.4, 0.5) is 10.1 Å². The first-order valence-corrected chi connectivity index (χ1v) is 4.34. The number of amides is 1. The number of carbonyl (C=O) groups excluding carboxylic acids is 1.